The lowest BCUT2D eigenvalue weighted by molar-refractivity contribution is 0.0186. The molecule has 28 heavy (non-hydrogen) atoms. The third-order valence-corrected chi connectivity index (χ3v) is 4.16. The van der Waals surface area contributed by atoms with Crippen molar-refractivity contribution in [3.05, 3.63) is 24.3 Å². The predicted molar refractivity (Wildman–Crippen MR) is 109 cm³/mol. The molecule has 1 fully saturated rings. The molecule has 1 unspecified atom stereocenters. The quantitative estimate of drug-likeness (QED) is 0.611. The minimum Gasteiger partial charge on any atom is -0.497 e. The molecule has 1 aliphatic rings. The highest BCUT2D eigenvalue weighted by Gasteiger charge is 2.26. The second-order valence-corrected chi connectivity index (χ2v) is 7.76. The molecule has 0 saturated carbocycles. The molecule has 0 aromatic heterocycles. The van der Waals surface area contributed by atoms with Gasteiger partial charge in [-0.1, -0.05) is 0 Å². The lowest BCUT2D eigenvalue weighted by Crippen LogP contribution is -2.53. The van der Waals surface area contributed by atoms with E-state index in [1.807, 2.05) is 56.9 Å². The van der Waals surface area contributed by atoms with E-state index in [2.05, 4.69) is 4.99 Å². The number of guanidine groups is 1. The van der Waals surface area contributed by atoms with Crippen LogP contribution in [0.4, 0.5) is 4.79 Å². The number of hydrogen-bond donors (Lipinski definition) is 1. The highest BCUT2D eigenvalue weighted by molar-refractivity contribution is 5.78. The Morgan fingerprint density at radius 2 is 1.64 bits per heavy atom. The Morgan fingerprint density at radius 1 is 1.11 bits per heavy atom. The largest absolute Gasteiger partial charge is 0.497 e. The van der Waals surface area contributed by atoms with E-state index in [9.17, 15) is 4.79 Å². The summed E-state index contributed by atoms with van der Waals surface area (Å²) in [6.07, 6.45) is -0.404. The summed E-state index contributed by atoms with van der Waals surface area (Å²) in [4.78, 5) is 20.2. The van der Waals surface area contributed by atoms with Crippen molar-refractivity contribution in [1.29, 1.82) is 0 Å². The van der Waals surface area contributed by atoms with E-state index in [0.717, 1.165) is 11.5 Å². The predicted octanol–water partition coefficient (Wildman–Crippen LogP) is 2.33. The zero-order chi connectivity index (χ0) is 20.7. The maximum Gasteiger partial charge on any atom is 0.410 e. The molecule has 0 spiro atoms. The van der Waals surface area contributed by atoms with Crippen LogP contribution >= 0.6 is 0 Å². The Bertz CT molecular complexity index is 662. The maximum atomic E-state index is 12.1. The van der Waals surface area contributed by atoms with Crippen molar-refractivity contribution >= 4 is 12.1 Å². The fraction of sp³-hybridized carbons (Fsp3) is 0.600. The number of piperazine rings is 1. The first-order chi connectivity index (χ1) is 13.2. The summed E-state index contributed by atoms with van der Waals surface area (Å²) in [6.45, 7) is 10.4. The second-order valence-electron chi connectivity index (χ2n) is 7.76. The first kappa shape index (κ1) is 21.7. The zero-order valence-electron chi connectivity index (χ0n) is 17.5. The van der Waals surface area contributed by atoms with Crippen molar-refractivity contribution in [3.63, 3.8) is 0 Å². The molecule has 1 heterocycles. The van der Waals surface area contributed by atoms with Gasteiger partial charge < -0.3 is 29.7 Å². The Morgan fingerprint density at radius 3 is 2.18 bits per heavy atom. The van der Waals surface area contributed by atoms with Crippen LogP contribution in [0.25, 0.3) is 0 Å². The average molecular weight is 393 g/mol. The summed E-state index contributed by atoms with van der Waals surface area (Å²) in [5, 5.41) is 0. The van der Waals surface area contributed by atoms with Crippen molar-refractivity contribution in [2.45, 2.75) is 39.4 Å². The summed E-state index contributed by atoms with van der Waals surface area (Å²) >= 11 is 0. The lowest BCUT2D eigenvalue weighted by Gasteiger charge is -2.36. The van der Waals surface area contributed by atoms with E-state index in [-0.39, 0.29) is 12.2 Å². The van der Waals surface area contributed by atoms with Gasteiger partial charge in [0.15, 0.2) is 5.96 Å². The molecule has 156 valence electrons. The molecule has 8 heteroatoms. The minimum absolute atomic E-state index is 0.116. The number of carbonyl (C=O) groups excluding carboxylic acids is 1. The standard InChI is InChI=1S/C20H32N4O4/c1-15(27-17-8-6-16(26-5)7-9-17)14-22-18(21)23-10-12-24(13-11-23)19(25)28-20(2,3)4/h6-9,15H,10-14H2,1-5H3,(H2,21,22). The third kappa shape index (κ3) is 6.83. The number of carbonyl (C=O) groups is 1. The number of aliphatic imine (C=N–C) groups is 1. The molecule has 8 nitrogen and oxygen atoms in total. The molecule has 1 atom stereocenters. The average Bonchev–Trinajstić information content (AvgIpc) is 2.65. The van der Waals surface area contributed by atoms with Gasteiger partial charge in [-0.25, -0.2) is 9.79 Å². The van der Waals surface area contributed by atoms with Crippen molar-refractivity contribution < 1.29 is 19.0 Å². The number of amides is 1. The second kappa shape index (κ2) is 9.52. The molecule has 0 bridgehead atoms. The van der Waals surface area contributed by atoms with Crippen LogP contribution in [-0.4, -0.2) is 73.4 Å². The molecule has 0 radical (unpaired) electrons. The fourth-order valence-corrected chi connectivity index (χ4v) is 2.69. The molecule has 2 rings (SSSR count). The van der Waals surface area contributed by atoms with Crippen molar-refractivity contribution in [1.82, 2.24) is 9.80 Å². The molecule has 1 aliphatic heterocycles. The van der Waals surface area contributed by atoms with Gasteiger partial charge in [-0.05, 0) is 52.0 Å². The summed E-state index contributed by atoms with van der Waals surface area (Å²) in [5.41, 5.74) is 5.63. The Balaban J connectivity index is 1.78. The van der Waals surface area contributed by atoms with Crippen LogP contribution < -0.4 is 15.2 Å². The van der Waals surface area contributed by atoms with Gasteiger partial charge >= 0.3 is 6.09 Å². The van der Waals surface area contributed by atoms with Crippen molar-refractivity contribution in [2.75, 3.05) is 39.8 Å². The third-order valence-electron chi connectivity index (χ3n) is 4.16. The van der Waals surface area contributed by atoms with Gasteiger partial charge in [0.2, 0.25) is 0 Å². The number of nitrogens with two attached hydrogens (primary N) is 1. The fourth-order valence-electron chi connectivity index (χ4n) is 2.69. The number of methoxy groups -OCH3 is 1. The molecule has 1 aromatic carbocycles. The normalized spacial score (nSPS) is 16.5. The Hall–Kier alpha value is -2.64. The van der Waals surface area contributed by atoms with Crippen LogP contribution in [0.3, 0.4) is 0 Å². The van der Waals surface area contributed by atoms with E-state index in [1.54, 1.807) is 12.0 Å². The lowest BCUT2D eigenvalue weighted by atomic mass is 10.2. The van der Waals surface area contributed by atoms with Gasteiger partial charge in [0.1, 0.15) is 23.2 Å². The first-order valence-electron chi connectivity index (χ1n) is 9.51. The molecule has 1 aromatic rings. The highest BCUT2D eigenvalue weighted by Crippen LogP contribution is 2.18. The van der Waals surface area contributed by atoms with Crippen LogP contribution in [0.1, 0.15) is 27.7 Å². The van der Waals surface area contributed by atoms with E-state index < -0.39 is 5.60 Å². The molecule has 2 N–H and O–H groups in total. The van der Waals surface area contributed by atoms with Gasteiger partial charge in [-0.15, -0.1) is 0 Å². The number of nitrogens with zero attached hydrogens (tertiary/aromatic N) is 3. The van der Waals surface area contributed by atoms with Crippen LogP contribution in [0.15, 0.2) is 29.3 Å². The highest BCUT2D eigenvalue weighted by atomic mass is 16.6. The monoisotopic (exact) mass is 392 g/mol. The van der Waals surface area contributed by atoms with Gasteiger partial charge in [-0.2, -0.15) is 0 Å². The molecule has 1 saturated heterocycles. The van der Waals surface area contributed by atoms with Crippen LogP contribution in [0.5, 0.6) is 11.5 Å². The summed E-state index contributed by atoms with van der Waals surface area (Å²) in [5.74, 6) is 2.01. The van der Waals surface area contributed by atoms with Crippen LogP contribution in [0, 0.1) is 0 Å². The maximum absolute atomic E-state index is 12.1. The van der Waals surface area contributed by atoms with Crippen molar-refractivity contribution in [2.24, 2.45) is 10.7 Å². The first-order valence-corrected chi connectivity index (χ1v) is 9.51. The van der Waals surface area contributed by atoms with Gasteiger partial charge in [-0.3, -0.25) is 0 Å². The SMILES string of the molecule is COc1ccc(OC(C)CN=C(N)N2CCN(C(=O)OC(C)(C)C)CC2)cc1. The minimum atomic E-state index is -0.491. The Labute approximate surface area is 167 Å². The van der Waals surface area contributed by atoms with Crippen molar-refractivity contribution in [3.8, 4) is 11.5 Å². The van der Waals surface area contributed by atoms with Crippen LogP contribution in [0.2, 0.25) is 0 Å². The number of ether oxygens (including phenoxy) is 3. The Kier molecular flexibility index (Phi) is 7.37. The summed E-state index contributed by atoms with van der Waals surface area (Å²) in [7, 11) is 1.63. The number of hydrogen-bond acceptors (Lipinski definition) is 5. The molecule has 1 amide bonds. The van der Waals surface area contributed by atoms with E-state index >= 15 is 0 Å². The topological polar surface area (TPSA) is 89.6 Å². The summed E-state index contributed by atoms with van der Waals surface area (Å²) < 4.78 is 16.4. The van der Waals surface area contributed by atoms with E-state index in [0.29, 0.717) is 38.7 Å². The number of benzene rings is 1. The van der Waals surface area contributed by atoms with E-state index in [1.165, 1.54) is 0 Å². The molecule has 0 aliphatic carbocycles. The molecular weight excluding hydrogens is 360 g/mol. The smallest absolute Gasteiger partial charge is 0.410 e. The summed E-state index contributed by atoms with van der Waals surface area (Å²) in [6, 6.07) is 7.42. The van der Waals surface area contributed by atoms with Gasteiger partial charge in [0, 0.05) is 26.2 Å². The number of rotatable bonds is 5. The molecular formula is C20H32N4O4. The van der Waals surface area contributed by atoms with E-state index in [4.69, 9.17) is 19.9 Å². The van der Waals surface area contributed by atoms with Gasteiger partial charge in [0.25, 0.3) is 0 Å². The zero-order valence-corrected chi connectivity index (χ0v) is 17.5. The van der Waals surface area contributed by atoms with Gasteiger partial charge in [0.05, 0.1) is 13.7 Å². The van der Waals surface area contributed by atoms with Crippen LogP contribution in [-0.2, 0) is 4.74 Å².